The topological polar surface area (TPSA) is 66.5 Å². The quantitative estimate of drug-likeness (QED) is 0.355. The molecule has 0 saturated carbocycles. The minimum absolute atomic E-state index is 0.250. The first kappa shape index (κ1) is 16.1. The Hall–Kier alpha value is -2.72. The van der Waals surface area contributed by atoms with E-state index in [-0.39, 0.29) is 5.75 Å². The van der Waals surface area contributed by atoms with Gasteiger partial charge in [0.15, 0.2) is 0 Å². The highest BCUT2D eigenvalue weighted by atomic mass is 79.9. The number of hydrogen-bond donors (Lipinski definition) is 3. The van der Waals surface area contributed by atoms with Crippen LogP contribution in [0.15, 0.2) is 77.3 Å². The van der Waals surface area contributed by atoms with Crippen molar-refractivity contribution < 1.29 is 10.2 Å². The van der Waals surface area contributed by atoms with Crippen molar-refractivity contribution in [2.24, 2.45) is 0 Å². The van der Waals surface area contributed by atoms with E-state index in [1.165, 1.54) is 0 Å². The molecule has 4 rings (SSSR count). The van der Waals surface area contributed by atoms with E-state index in [1.54, 1.807) is 24.3 Å². The molecule has 0 aliphatic heterocycles. The van der Waals surface area contributed by atoms with E-state index < -0.39 is 0 Å². The number of rotatable bonds is 0. The Balaban J connectivity index is 0.000000141. The van der Waals surface area contributed by atoms with Crippen molar-refractivity contribution in [2.75, 3.05) is 5.73 Å². The smallest absolute Gasteiger partial charge is 0.116 e. The number of nitrogens with two attached hydrogens (primary N) is 1. The summed E-state index contributed by atoms with van der Waals surface area (Å²) in [7, 11) is 0. The molecule has 0 radical (unpaired) electrons. The van der Waals surface area contributed by atoms with E-state index in [0.29, 0.717) is 11.4 Å². The van der Waals surface area contributed by atoms with Gasteiger partial charge in [-0.15, -0.1) is 0 Å². The third-order valence-corrected chi connectivity index (χ3v) is 4.40. The third-order valence-electron chi connectivity index (χ3n) is 3.71. The summed E-state index contributed by atoms with van der Waals surface area (Å²) in [6.07, 6.45) is 0. The van der Waals surface area contributed by atoms with Crippen molar-refractivity contribution in [3.8, 4) is 11.5 Å². The number of halogens is 1. The van der Waals surface area contributed by atoms with Crippen LogP contribution in [0.4, 0.5) is 5.69 Å². The maximum atomic E-state index is 9.23. The van der Waals surface area contributed by atoms with Crippen LogP contribution in [-0.4, -0.2) is 10.2 Å². The van der Waals surface area contributed by atoms with Crippen molar-refractivity contribution in [1.29, 1.82) is 0 Å². The lowest BCUT2D eigenvalue weighted by Crippen LogP contribution is -1.85. The largest absolute Gasteiger partial charge is 0.508 e. The average molecular weight is 382 g/mol. The van der Waals surface area contributed by atoms with Gasteiger partial charge in [-0.2, -0.15) is 0 Å². The Bertz CT molecular complexity index is 931. The Morgan fingerprint density at radius 3 is 1.88 bits per heavy atom. The minimum atomic E-state index is 0.250. The predicted octanol–water partition coefficient (Wildman–Crippen LogP) is 5.44. The van der Waals surface area contributed by atoms with Gasteiger partial charge in [-0.3, -0.25) is 0 Å². The van der Waals surface area contributed by atoms with E-state index in [2.05, 4.69) is 15.9 Å². The molecule has 0 spiro atoms. The Kier molecular flexibility index (Phi) is 4.58. The fraction of sp³-hybridized carbons (Fsp3) is 0. The van der Waals surface area contributed by atoms with Crippen LogP contribution in [0.5, 0.6) is 11.5 Å². The van der Waals surface area contributed by atoms with Crippen LogP contribution < -0.4 is 5.73 Å². The molecule has 4 aromatic rings. The molecule has 0 aromatic heterocycles. The standard InChI is InChI=1S/C10H7BrO.C10H9NO/c2*11-10-3-1-2-7-4-5-8(12)6-9(7)10/h1-6,12H;1-6,12H,11H2. The van der Waals surface area contributed by atoms with Gasteiger partial charge in [0.05, 0.1) is 0 Å². The molecule has 24 heavy (non-hydrogen) atoms. The van der Waals surface area contributed by atoms with E-state index in [1.807, 2.05) is 48.5 Å². The SMILES string of the molecule is Nc1cccc2ccc(O)cc12.Oc1ccc2cccc(Br)c2c1. The van der Waals surface area contributed by atoms with Crippen LogP contribution in [0.3, 0.4) is 0 Å². The molecule has 0 bridgehead atoms. The second kappa shape index (κ2) is 6.81. The van der Waals surface area contributed by atoms with Gasteiger partial charge in [-0.25, -0.2) is 0 Å². The lowest BCUT2D eigenvalue weighted by Gasteiger charge is -2.01. The zero-order chi connectivity index (χ0) is 17.1. The lowest BCUT2D eigenvalue weighted by molar-refractivity contribution is 0.475. The number of nitrogen functional groups attached to an aromatic ring is 1. The third kappa shape index (κ3) is 3.44. The van der Waals surface area contributed by atoms with E-state index in [4.69, 9.17) is 5.73 Å². The molecule has 0 aliphatic carbocycles. The van der Waals surface area contributed by atoms with Crippen LogP contribution in [0, 0.1) is 0 Å². The summed E-state index contributed by atoms with van der Waals surface area (Å²) in [6, 6.07) is 22.1. The molecule has 3 nitrogen and oxygen atoms in total. The zero-order valence-electron chi connectivity index (χ0n) is 12.8. The Morgan fingerprint density at radius 1 is 0.667 bits per heavy atom. The van der Waals surface area contributed by atoms with Crippen molar-refractivity contribution in [2.45, 2.75) is 0 Å². The first-order valence-corrected chi connectivity index (χ1v) is 8.18. The van der Waals surface area contributed by atoms with Gasteiger partial charge < -0.3 is 15.9 Å². The van der Waals surface area contributed by atoms with Crippen LogP contribution in [0.1, 0.15) is 0 Å². The van der Waals surface area contributed by atoms with E-state index >= 15 is 0 Å². The van der Waals surface area contributed by atoms with Gasteiger partial charge in [-0.05, 0) is 52.6 Å². The molecule has 0 aliphatic rings. The molecule has 4 aromatic carbocycles. The first-order chi connectivity index (χ1) is 11.5. The van der Waals surface area contributed by atoms with Crippen molar-refractivity contribution >= 4 is 43.2 Å². The van der Waals surface area contributed by atoms with Crippen molar-refractivity contribution in [3.63, 3.8) is 0 Å². The molecular formula is C20H16BrNO2. The second-order valence-electron chi connectivity index (χ2n) is 5.40. The van der Waals surface area contributed by atoms with Gasteiger partial charge >= 0.3 is 0 Å². The lowest BCUT2D eigenvalue weighted by atomic mass is 10.1. The summed E-state index contributed by atoms with van der Waals surface area (Å²) in [5.74, 6) is 0.551. The number of phenols is 2. The summed E-state index contributed by atoms with van der Waals surface area (Å²) in [5.41, 5.74) is 6.41. The summed E-state index contributed by atoms with van der Waals surface area (Å²) in [4.78, 5) is 0. The van der Waals surface area contributed by atoms with E-state index in [9.17, 15) is 10.2 Å². The summed E-state index contributed by atoms with van der Waals surface area (Å²) in [5, 5.41) is 22.5. The summed E-state index contributed by atoms with van der Waals surface area (Å²) >= 11 is 3.42. The minimum Gasteiger partial charge on any atom is -0.508 e. The van der Waals surface area contributed by atoms with Gasteiger partial charge in [-0.1, -0.05) is 52.3 Å². The number of anilines is 1. The molecule has 0 amide bonds. The van der Waals surface area contributed by atoms with Crippen molar-refractivity contribution in [1.82, 2.24) is 0 Å². The fourth-order valence-corrected chi connectivity index (χ4v) is 3.00. The summed E-state index contributed by atoms with van der Waals surface area (Å²) in [6.45, 7) is 0. The average Bonchev–Trinajstić information content (AvgIpc) is 2.57. The molecule has 0 heterocycles. The molecule has 4 N–H and O–H groups in total. The maximum absolute atomic E-state index is 9.23. The van der Waals surface area contributed by atoms with Gasteiger partial charge in [0.2, 0.25) is 0 Å². The van der Waals surface area contributed by atoms with Gasteiger partial charge in [0.1, 0.15) is 11.5 Å². The van der Waals surface area contributed by atoms with Crippen LogP contribution in [0.2, 0.25) is 0 Å². The number of benzene rings is 4. The molecular weight excluding hydrogens is 366 g/mol. The number of aromatic hydroxyl groups is 2. The molecule has 120 valence electrons. The normalized spacial score (nSPS) is 10.4. The van der Waals surface area contributed by atoms with Crippen LogP contribution in [-0.2, 0) is 0 Å². The molecule has 0 saturated heterocycles. The van der Waals surface area contributed by atoms with Crippen LogP contribution >= 0.6 is 15.9 Å². The maximum Gasteiger partial charge on any atom is 0.116 e. The molecule has 0 unspecified atom stereocenters. The Labute approximate surface area is 148 Å². The van der Waals surface area contributed by atoms with Crippen molar-refractivity contribution in [3.05, 3.63) is 77.3 Å². The molecule has 0 atom stereocenters. The fourth-order valence-electron chi connectivity index (χ4n) is 2.51. The monoisotopic (exact) mass is 381 g/mol. The highest BCUT2D eigenvalue weighted by Gasteiger charge is 1.98. The summed E-state index contributed by atoms with van der Waals surface area (Å²) < 4.78 is 1.01. The van der Waals surface area contributed by atoms with E-state index in [0.717, 1.165) is 26.0 Å². The second-order valence-corrected chi connectivity index (χ2v) is 6.25. The predicted molar refractivity (Wildman–Crippen MR) is 103 cm³/mol. The van der Waals surface area contributed by atoms with Gasteiger partial charge in [0, 0.05) is 15.5 Å². The highest BCUT2D eigenvalue weighted by Crippen LogP contribution is 2.27. The first-order valence-electron chi connectivity index (χ1n) is 7.39. The highest BCUT2D eigenvalue weighted by molar-refractivity contribution is 9.10. The number of fused-ring (bicyclic) bond motifs is 2. The Morgan fingerprint density at radius 2 is 1.21 bits per heavy atom. The van der Waals surface area contributed by atoms with Crippen LogP contribution in [0.25, 0.3) is 21.5 Å². The molecule has 4 heteroatoms. The van der Waals surface area contributed by atoms with Gasteiger partial charge in [0.25, 0.3) is 0 Å². The zero-order valence-corrected chi connectivity index (χ0v) is 14.4. The molecule has 0 fully saturated rings. The number of phenolic OH excluding ortho intramolecular Hbond substituents is 2. The number of hydrogen-bond acceptors (Lipinski definition) is 3.